The van der Waals surface area contributed by atoms with E-state index >= 15 is 0 Å². The fourth-order valence-electron chi connectivity index (χ4n) is 2.60. The van der Waals surface area contributed by atoms with Gasteiger partial charge in [-0.3, -0.25) is 20.2 Å². The first-order valence-electron chi connectivity index (χ1n) is 8.27. The van der Waals surface area contributed by atoms with Crippen molar-refractivity contribution in [2.45, 2.75) is 6.18 Å². The number of primary amides is 1. The first kappa shape index (κ1) is 21.7. The Morgan fingerprint density at radius 1 is 1.16 bits per heavy atom. The van der Waals surface area contributed by atoms with Gasteiger partial charge in [-0.1, -0.05) is 30.3 Å². The molecule has 31 heavy (non-hydrogen) atoms. The van der Waals surface area contributed by atoms with E-state index in [-0.39, 0.29) is 28.2 Å². The summed E-state index contributed by atoms with van der Waals surface area (Å²) >= 11 is 0.0827. The van der Waals surface area contributed by atoms with Gasteiger partial charge in [0.2, 0.25) is 5.69 Å². The standard InChI is InChI=1S/C18H11F3N4O5S/c19-18(20,21)13-15(25(28)29)31-17(23-13)24-14(26)11-7-6-10(30-16(22)27)8-12(11)9-4-2-1-3-5-9/h1-8H,(H2,22,27)(H,23,24,26). The van der Waals surface area contributed by atoms with Crippen LogP contribution in [0.2, 0.25) is 0 Å². The number of nitrogens with two attached hydrogens (primary N) is 1. The van der Waals surface area contributed by atoms with Crippen molar-refractivity contribution in [3.63, 3.8) is 0 Å². The predicted molar refractivity (Wildman–Crippen MR) is 104 cm³/mol. The minimum Gasteiger partial charge on any atom is -0.410 e. The highest BCUT2D eigenvalue weighted by molar-refractivity contribution is 7.19. The van der Waals surface area contributed by atoms with Crippen LogP contribution in [0, 0.1) is 10.1 Å². The van der Waals surface area contributed by atoms with E-state index in [1.165, 1.54) is 18.2 Å². The predicted octanol–water partition coefficient (Wildman–Crippen LogP) is 4.45. The molecule has 160 valence electrons. The van der Waals surface area contributed by atoms with Crippen LogP contribution in [0.1, 0.15) is 16.1 Å². The third-order valence-electron chi connectivity index (χ3n) is 3.80. The van der Waals surface area contributed by atoms with Gasteiger partial charge in [-0.2, -0.15) is 13.2 Å². The highest BCUT2D eigenvalue weighted by Gasteiger charge is 2.43. The number of hydrogen-bond donors (Lipinski definition) is 2. The fourth-order valence-corrected chi connectivity index (χ4v) is 3.39. The second-order valence-electron chi connectivity index (χ2n) is 5.88. The van der Waals surface area contributed by atoms with Crippen molar-refractivity contribution in [3.05, 3.63) is 69.9 Å². The average Bonchev–Trinajstić information content (AvgIpc) is 3.13. The van der Waals surface area contributed by atoms with Crippen LogP contribution < -0.4 is 15.8 Å². The third kappa shape index (κ3) is 4.95. The van der Waals surface area contributed by atoms with Crippen molar-refractivity contribution >= 4 is 33.5 Å². The lowest BCUT2D eigenvalue weighted by molar-refractivity contribution is -0.383. The normalized spacial score (nSPS) is 11.1. The Morgan fingerprint density at radius 2 is 1.84 bits per heavy atom. The van der Waals surface area contributed by atoms with E-state index in [0.717, 1.165) is 0 Å². The highest BCUT2D eigenvalue weighted by Crippen LogP contribution is 2.41. The van der Waals surface area contributed by atoms with Crippen molar-refractivity contribution in [2.24, 2.45) is 5.73 Å². The summed E-state index contributed by atoms with van der Waals surface area (Å²) < 4.78 is 43.8. The van der Waals surface area contributed by atoms with Crippen LogP contribution in [0.25, 0.3) is 11.1 Å². The lowest BCUT2D eigenvalue weighted by Crippen LogP contribution is -2.17. The van der Waals surface area contributed by atoms with Gasteiger partial charge < -0.3 is 10.5 Å². The Labute approximate surface area is 175 Å². The molecule has 0 saturated carbocycles. The number of nitrogens with zero attached hydrogens (tertiary/aromatic N) is 2. The first-order chi connectivity index (χ1) is 14.6. The summed E-state index contributed by atoms with van der Waals surface area (Å²) in [5, 5.41) is 11.2. The molecule has 0 aliphatic heterocycles. The third-order valence-corrected chi connectivity index (χ3v) is 4.73. The molecule has 0 radical (unpaired) electrons. The average molecular weight is 452 g/mol. The molecule has 0 saturated heterocycles. The van der Waals surface area contributed by atoms with Crippen molar-refractivity contribution in [3.8, 4) is 16.9 Å². The molecule has 0 bridgehead atoms. The molecule has 9 nitrogen and oxygen atoms in total. The second-order valence-corrected chi connectivity index (χ2v) is 6.85. The molecule has 0 spiro atoms. The topological polar surface area (TPSA) is 137 Å². The number of anilines is 1. The monoisotopic (exact) mass is 452 g/mol. The number of carbonyl (C=O) groups is 2. The number of rotatable bonds is 5. The van der Waals surface area contributed by atoms with E-state index in [2.05, 4.69) is 10.3 Å². The molecule has 0 fully saturated rings. The maximum absolute atomic E-state index is 13.0. The van der Waals surface area contributed by atoms with Gasteiger partial charge in [-0.05, 0) is 40.7 Å². The van der Waals surface area contributed by atoms with E-state index in [9.17, 15) is 32.9 Å². The lowest BCUT2D eigenvalue weighted by Gasteiger charge is -2.11. The van der Waals surface area contributed by atoms with Crippen LogP contribution in [0.3, 0.4) is 0 Å². The number of ether oxygens (including phenoxy) is 1. The minimum atomic E-state index is -5.06. The van der Waals surface area contributed by atoms with Crippen molar-refractivity contribution in [1.29, 1.82) is 0 Å². The van der Waals surface area contributed by atoms with Crippen LogP contribution in [-0.2, 0) is 6.18 Å². The summed E-state index contributed by atoms with van der Waals surface area (Å²) in [6.07, 6.45) is -6.14. The molecule has 0 unspecified atom stereocenters. The maximum atomic E-state index is 13.0. The lowest BCUT2D eigenvalue weighted by atomic mass is 9.99. The van der Waals surface area contributed by atoms with Gasteiger partial charge in [0.15, 0.2) is 5.13 Å². The summed E-state index contributed by atoms with van der Waals surface area (Å²) in [4.78, 5) is 36.6. The molecule has 2 amide bonds. The van der Waals surface area contributed by atoms with E-state index in [0.29, 0.717) is 5.56 Å². The van der Waals surface area contributed by atoms with E-state index in [1.54, 1.807) is 30.3 Å². The van der Waals surface area contributed by atoms with Gasteiger partial charge >= 0.3 is 17.3 Å². The number of aromatic nitrogens is 1. The number of halogens is 3. The van der Waals surface area contributed by atoms with Gasteiger partial charge in [0.25, 0.3) is 5.91 Å². The maximum Gasteiger partial charge on any atom is 0.441 e. The molecule has 3 N–H and O–H groups in total. The van der Waals surface area contributed by atoms with Gasteiger partial charge in [0.1, 0.15) is 5.75 Å². The molecular weight excluding hydrogens is 441 g/mol. The van der Waals surface area contributed by atoms with Crippen molar-refractivity contribution in [1.82, 2.24) is 4.98 Å². The Morgan fingerprint density at radius 3 is 2.39 bits per heavy atom. The summed E-state index contributed by atoms with van der Waals surface area (Å²) in [5.41, 5.74) is 4.10. The van der Waals surface area contributed by atoms with Crippen LogP contribution >= 0.6 is 11.3 Å². The Balaban J connectivity index is 2.00. The smallest absolute Gasteiger partial charge is 0.410 e. The van der Waals surface area contributed by atoms with Gasteiger partial charge in [0, 0.05) is 5.56 Å². The zero-order chi connectivity index (χ0) is 22.8. The second kappa shape index (κ2) is 8.39. The number of nitrogens with one attached hydrogen (secondary N) is 1. The summed E-state index contributed by atoms with van der Waals surface area (Å²) in [7, 11) is 0. The van der Waals surface area contributed by atoms with Gasteiger partial charge in [0.05, 0.1) is 4.92 Å². The molecular formula is C18H11F3N4O5S. The van der Waals surface area contributed by atoms with Gasteiger partial charge in [-0.25, -0.2) is 9.78 Å². The molecule has 2 aromatic carbocycles. The Kier molecular flexibility index (Phi) is 5.88. The molecule has 1 aromatic heterocycles. The van der Waals surface area contributed by atoms with Crippen LogP contribution in [-0.4, -0.2) is 21.9 Å². The number of carbonyl (C=O) groups excluding carboxylic acids is 2. The molecule has 0 aliphatic carbocycles. The van der Waals surface area contributed by atoms with E-state index in [4.69, 9.17) is 10.5 Å². The van der Waals surface area contributed by atoms with Crippen molar-refractivity contribution in [2.75, 3.05) is 5.32 Å². The summed E-state index contributed by atoms with van der Waals surface area (Å²) in [6, 6.07) is 12.3. The summed E-state index contributed by atoms with van der Waals surface area (Å²) in [6.45, 7) is 0. The van der Waals surface area contributed by atoms with Crippen LogP contribution in [0.5, 0.6) is 5.75 Å². The minimum absolute atomic E-state index is 0.00516. The number of hydrogen-bond acceptors (Lipinski definition) is 7. The fraction of sp³-hybridized carbons (Fsp3) is 0.0556. The first-order valence-corrected chi connectivity index (χ1v) is 9.08. The quantitative estimate of drug-likeness (QED) is 0.433. The number of nitro groups is 1. The highest BCUT2D eigenvalue weighted by atomic mass is 32.1. The van der Waals surface area contributed by atoms with Crippen LogP contribution in [0.15, 0.2) is 48.5 Å². The van der Waals surface area contributed by atoms with Gasteiger partial charge in [-0.15, -0.1) is 0 Å². The Bertz CT molecular complexity index is 1160. The number of thiazole rings is 1. The number of amides is 2. The van der Waals surface area contributed by atoms with Crippen molar-refractivity contribution < 1.29 is 32.4 Å². The summed E-state index contributed by atoms with van der Waals surface area (Å²) in [5.74, 6) is -0.839. The number of benzene rings is 2. The molecule has 3 aromatic rings. The molecule has 0 aliphatic rings. The molecule has 1 heterocycles. The molecule has 13 heteroatoms. The zero-order valence-corrected chi connectivity index (χ0v) is 16.0. The zero-order valence-electron chi connectivity index (χ0n) is 15.2. The SMILES string of the molecule is NC(=O)Oc1ccc(C(=O)Nc2nc(C(F)(F)F)c([N+](=O)[O-])s2)c(-c2ccccc2)c1. The van der Waals surface area contributed by atoms with E-state index in [1.807, 2.05) is 0 Å². The van der Waals surface area contributed by atoms with Crippen LogP contribution in [0.4, 0.5) is 28.1 Å². The Hall–Kier alpha value is -4.00. The largest absolute Gasteiger partial charge is 0.441 e. The molecule has 3 rings (SSSR count). The van der Waals surface area contributed by atoms with E-state index < -0.39 is 38.9 Å². The number of alkyl halides is 3. The molecule has 0 atom stereocenters.